The standard InChI is InChI=1S/C24H39O2S/c1-3-4-5-6-7-8-9-10-11-12-13-14-15-21(18-20(2)27)23-19-22(25)16-17-24(23)26/h16-17,19-21H,3-15,18H2,1-2H3. The third kappa shape index (κ3) is 11.6. The number of ketones is 2. The van der Waals surface area contributed by atoms with Gasteiger partial charge in [-0.25, -0.2) is 0 Å². The first-order valence-corrected chi connectivity index (χ1v) is 11.7. The fourth-order valence-electron chi connectivity index (χ4n) is 3.88. The lowest BCUT2D eigenvalue weighted by atomic mass is 9.84. The van der Waals surface area contributed by atoms with Crippen LogP contribution in [-0.4, -0.2) is 16.8 Å². The molecule has 0 aromatic rings. The van der Waals surface area contributed by atoms with Crippen molar-refractivity contribution < 1.29 is 9.59 Å². The summed E-state index contributed by atoms with van der Waals surface area (Å²) in [6.07, 6.45) is 22.1. The van der Waals surface area contributed by atoms with Gasteiger partial charge in [0.05, 0.1) is 0 Å². The summed E-state index contributed by atoms with van der Waals surface area (Å²) in [6.45, 7) is 4.27. The number of rotatable bonds is 16. The van der Waals surface area contributed by atoms with E-state index in [0.29, 0.717) is 5.57 Å². The van der Waals surface area contributed by atoms with Crippen molar-refractivity contribution >= 4 is 24.2 Å². The second kappa shape index (κ2) is 15.1. The van der Waals surface area contributed by atoms with Gasteiger partial charge in [0, 0.05) is 10.8 Å². The summed E-state index contributed by atoms with van der Waals surface area (Å²) in [5.41, 5.74) is 0.683. The first-order valence-electron chi connectivity index (χ1n) is 11.2. The van der Waals surface area contributed by atoms with E-state index < -0.39 is 0 Å². The van der Waals surface area contributed by atoms with E-state index in [1.54, 1.807) is 0 Å². The van der Waals surface area contributed by atoms with Gasteiger partial charge in [-0.2, -0.15) is 0 Å². The minimum atomic E-state index is -0.0682. The molecule has 0 saturated carbocycles. The average Bonchev–Trinajstić information content (AvgIpc) is 2.63. The van der Waals surface area contributed by atoms with E-state index in [-0.39, 0.29) is 22.7 Å². The van der Waals surface area contributed by atoms with Crippen molar-refractivity contribution in [3.63, 3.8) is 0 Å². The van der Waals surface area contributed by atoms with Gasteiger partial charge in [-0.3, -0.25) is 9.59 Å². The Morgan fingerprint density at radius 2 is 1.33 bits per heavy atom. The van der Waals surface area contributed by atoms with E-state index in [9.17, 15) is 9.59 Å². The smallest absolute Gasteiger partial charge is 0.182 e. The minimum absolute atomic E-state index is 0.00538. The van der Waals surface area contributed by atoms with Crippen LogP contribution >= 0.6 is 12.6 Å². The van der Waals surface area contributed by atoms with E-state index in [2.05, 4.69) is 6.92 Å². The molecule has 3 heteroatoms. The SMILES string of the molecule is CCCCCCCCCCCCCCC(CC(C)[S])C1=CC(=O)C=CC1=O. The molecule has 1 aliphatic carbocycles. The second-order valence-corrected chi connectivity index (χ2v) is 8.93. The molecule has 2 atom stereocenters. The van der Waals surface area contributed by atoms with Gasteiger partial charge >= 0.3 is 0 Å². The monoisotopic (exact) mass is 391 g/mol. The highest BCUT2D eigenvalue weighted by Gasteiger charge is 2.23. The zero-order valence-corrected chi connectivity index (χ0v) is 18.3. The van der Waals surface area contributed by atoms with Crippen LogP contribution in [0.1, 0.15) is 104 Å². The molecule has 27 heavy (non-hydrogen) atoms. The van der Waals surface area contributed by atoms with Gasteiger partial charge in [-0.1, -0.05) is 104 Å². The molecule has 2 nitrogen and oxygen atoms in total. The minimum Gasteiger partial charge on any atom is -0.290 e. The number of hydrogen-bond donors (Lipinski definition) is 0. The lowest BCUT2D eigenvalue weighted by Crippen LogP contribution is -2.18. The third-order valence-electron chi connectivity index (χ3n) is 5.44. The molecule has 0 amide bonds. The van der Waals surface area contributed by atoms with Crippen molar-refractivity contribution in [2.45, 2.75) is 109 Å². The van der Waals surface area contributed by atoms with E-state index in [0.717, 1.165) is 19.3 Å². The molecule has 0 N–H and O–H groups in total. The van der Waals surface area contributed by atoms with Gasteiger partial charge in [0.25, 0.3) is 0 Å². The topological polar surface area (TPSA) is 34.1 Å². The number of carbonyl (C=O) groups excluding carboxylic acids is 2. The molecule has 0 spiro atoms. The normalized spacial score (nSPS) is 16.5. The number of allylic oxidation sites excluding steroid dienone is 4. The molecule has 1 rings (SSSR count). The summed E-state index contributed by atoms with van der Waals surface area (Å²) in [4.78, 5) is 23.8. The highest BCUT2D eigenvalue weighted by atomic mass is 32.1. The maximum absolute atomic E-state index is 12.1. The molecule has 0 saturated heterocycles. The summed E-state index contributed by atoms with van der Waals surface area (Å²) in [5, 5.41) is 0.127. The Kier molecular flexibility index (Phi) is 13.6. The fourth-order valence-corrected chi connectivity index (χ4v) is 4.11. The van der Waals surface area contributed by atoms with Gasteiger partial charge in [-0.05, 0) is 37.0 Å². The Morgan fingerprint density at radius 3 is 1.85 bits per heavy atom. The number of hydrogen-bond acceptors (Lipinski definition) is 2. The highest BCUT2D eigenvalue weighted by Crippen LogP contribution is 2.28. The molecule has 153 valence electrons. The molecule has 0 aliphatic heterocycles. The van der Waals surface area contributed by atoms with Crippen molar-refractivity contribution in [2.24, 2.45) is 5.92 Å². The summed E-state index contributed by atoms with van der Waals surface area (Å²) in [7, 11) is 0. The van der Waals surface area contributed by atoms with Crippen LogP contribution in [0.3, 0.4) is 0 Å². The molecular formula is C24H39O2S. The largest absolute Gasteiger partial charge is 0.290 e. The summed E-state index contributed by atoms with van der Waals surface area (Å²) < 4.78 is 0. The van der Waals surface area contributed by atoms with Crippen molar-refractivity contribution in [3.05, 3.63) is 23.8 Å². The van der Waals surface area contributed by atoms with E-state index >= 15 is 0 Å². The average molecular weight is 392 g/mol. The van der Waals surface area contributed by atoms with Crippen LogP contribution in [0.15, 0.2) is 23.8 Å². The highest BCUT2D eigenvalue weighted by molar-refractivity contribution is 7.80. The Hall–Kier alpha value is -0.830. The Balaban J connectivity index is 2.16. The Labute approximate surface area is 172 Å². The van der Waals surface area contributed by atoms with Crippen LogP contribution in [0.4, 0.5) is 0 Å². The molecule has 0 heterocycles. The number of carbonyl (C=O) groups is 2. The zero-order chi connectivity index (χ0) is 19.9. The Bertz CT molecular complexity index is 491. The van der Waals surface area contributed by atoms with Gasteiger partial charge < -0.3 is 0 Å². The van der Waals surface area contributed by atoms with Crippen molar-refractivity contribution in [2.75, 3.05) is 0 Å². The maximum atomic E-state index is 12.1. The van der Waals surface area contributed by atoms with Crippen molar-refractivity contribution in [1.29, 1.82) is 0 Å². The van der Waals surface area contributed by atoms with E-state index in [1.807, 2.05) is 6.92 Å². The predicted molar refractivity (Wildman–Crippen MR) is 118 cm³/mol. The molecule has 1 aliphatic rings. The first-order chi connectivity index (χ1) is 13.0. The van der Waals surface area contributed by atoms with Crippen LogP contribution in [0.2, 0.25) is 0 Å². The number of unbranched alkanes of at least 4 members (excludes halogenated alkanes) is 11. The molecule has 0 aromatic heterocycles. The predicted octanol–water partition coefficient (Wildman–Crippen LogP) is 7.30. The van der Waals surface area contributed by atoms with Gasteiger partial charge in [0.15, 0.2) is 11.6 Å². The third-order valence-corrected chi connectivity index (χ3v) is 5.64. The van der Waals surface area contributed by atoms with Crippen LogP contribution in [-0.2, 0) is 9.59 Å². The first kappa shape index (κ1) is 24.2. The van der Waals surface area contributed by atoms with Crippen LogP contribution in [0.5, 0.6) is 0 Å². The maximum Gasteiger partial charge on any atom is 0.182 e. The van der Waals surface area contributed by atoms with Gasteiger partial charge in [0.2, 0.25) is 0 Å². The summed E-state index contributed by atoms with van der Waals surface area (Å²) >= 11 is 5.35. The quantitative estimate of drug-likeness (QED) is 0.204. The van der Waals surface area contributed by atoms with Crippen LogP contribution < -0.4 is 0 Å². The zero-order valence-electron chi connectivity index (χ0n) is 17.5. The Morgan fingerprint density at radius 1 is 0.815 bits per heavy atom. The van der Waals surface area contributed by atoms with Gasteiger partial charge in [0.1, 0.15) is 0 Å². The van der Waals surface area contributed by atoms with E-state index in [4.69, 9.17) is 12.6 Å². The van der Waals surface area contributed by atoms with E-state index in [1.165, 1.54) is 88.9 Å². The lowest BCUT2D eigenvalue weighted by Gasteiger charge is -2.21. The summed E-state index contributed by atoms with van der Waals surface area (Å²) in [5.74, 6) is 0.0672. The molecule has 0 aromatic carbocycles. The van der Waals surface area contributed by atoms with Gasteiger partial charge in [-0.15, -0.1) is 0 Å². The summed E-state index contributed by atoms with van der Waals surface area (Å²) in [6, 6.07) is 0. The molecule has 1 radical (unpaired) electrons. The molecule has 0 fully saturated rings. The molecule has 2 unspecified atom stereocenters. The van der Waals surface area contributed by atoms with Crippen molar-refractivity contribution in [1.82, 2.24) is 0 Å². The fraction of sp³-hybridized carbons (Fsp3) is 0.750. The van der Waals surface area contributed by atoms with Crippen molar-refractivity contribution in [3.8, 4) is 0 Å². The second-order valence-electron chi connectivity index (χ2n) is 8.12. The molecule has 0 bridgehead atoms. The lowest BCUT2D eigenvalue weighted by molar-refractivity contribution is -0.115. The van der Waals surface area contributed by atoms with Crippen LogP contribution in [0, 0.1) is 5.92 Å². The van der Waals surface area contributed by atoms with Crippen LogP contribution in [0.25, 0.3) is 0 Å². The molecular weight excluding hydrogens is 352 g/mol.